The molecule has 1 unspecified atom stereocenters. The molecule has 0 N–H and O–H groups in total. The molecule has 0 fully saturated rings. The van der Waals surface area contributed by atoms with Crippen LogP contribution in [0.1, 0.15) is 28.4 Å². The topological polar surface area (TPSA) is 18.5 Å². The summed E-state index contributed by atoms with van der Waals surface area (Å²) in [6.07, 6.45) is 0. The van der Waals surface area contributed by atoms with Crippen LogP contribution in [-0.2, 0) is 0 Å². The minimum atomic E-state index is 0.106. The molecule has 0 aliphatic rings. The fraction of sp³-hybridized carbons (Fsp3) is 0.294. The van der Waals surface area contributed by atoms with E-state index in [1.165, 1.54) is 11.1 Å². The zero-order valence-electron chi connectivity index (χ0n) is 12.0. The summed E-state index contributed by atoms with van der Waals surface area (Å²) in [6.45, 7) is 4.76. The standard InChI is InChI=1S/C17H19BrO2/c1-4-20-16-10-5-12(2)11-15(16)17(18)13-6-8-14(19-3)9-7-13/h5-11,17H,4H2,1-3H3. The van der Waals surface area contributed by atoms with Gasteiger partial charge in [0.1, 0.15) is 11.5 Å². The van der Waals surface area contributed by atoms with Crippen LogP contribution in [0.2, 0.25) is 0 Å². The number of benzene rings is 2. The molecule has 0 amide bonds. The second kappa shape index (κ2) is 6.80. The van der Waals surface area contributed by atoms with E-state index in [1.54, 1.807) is 7.11 Å². The van der Waals surface area contributed by atoms with Gasteiger partial charge >= 0.3 is 0 Å². The highest BCUT2D eigenvalue weighted by molar-refractivity contribution is 9.09. The van der Waals surface area contributed by atoms with Gasteiger partial charge in [0.2, 0.25) is 0 Å². The molecule has 0 aliphatic carbocycles. The molecule has 0 heterocycles. The number of ether oxygens (including phenoxy) is 2. The van der Waals surface area contributed by atoms with Gasteiger partial charge in [0.15, 0.2) is 0 Å². The number of halogens is 1. The second-order valence-corrected chi connectivity index (χ2v) is 5.53. The Morgan fingerprint density at radius 3 is 2.40 bits per heavy atom. The van der Waals surface area contributed by atoms with Crippen LogP contribution in [0.5, 0.6) is 11.5 Å². The van der Waals surface area contributed by atoms with Crippen LogP contribution in [0.25, 0.3) is 0 Å². The first-order valence-corrected chi connectivity index (χ1v) is 7.58. The van der Waals surface area contributed by atoms with Crippen molar-refractivity contribution in [2.24, 2.45) is 0 Å². The van der Waals surface area contributed by atoms with E-state index in [2.05, 4.69) is 47.1 Å². The van der Waals surface area contributed by atoms with Gasteiger partial charge in [0.25, 0.3) is 0 Å². The molecule has 3 heteroatoms. The van der Waals surface area contributed by atoms with E-state index in [0.717, 1.165) is 17.1 Å². The van der Waals surface area contributed by atoms with Crippen molar-refractivity contribution in [2.45, 2.75) is 18.7 Å². The van der Waals surface area contributed by atoms with Gasteiger partial charge < -0.3 is 9.47 Å². The van der Waals surface area contributed by atoms with Crippen molar-refractivity contribution >= 4 is 15.9 Å². The lowest BCUT2D eigenvalue weighted by molar-refractivity contribution is 0.337. The lowest BCUT2D eigenvalue weighted by Gasteiger charge is -2.16. The fourth-order valence-corrected chi connectivity index (χ4v) is 2.77. The first kappa shape index (κ1) is 14.9. The molecule has 1 atom stereocenters. The van der Waals surface area contributed by atoms with Gasteiger partial charge in [0, 0.05) is 5.56 Å². The Morgan fingerprint density at radius 1 is 1.10 bits per heavy atom. The van der Waals surface area contributed by atoms with E-state index < -0.39 is 0 Å². The quantitative estimate of drug-likeness (QED) is 0.725. The van der Waals surface area contributed by atoms with Crippen molar-refractivity contribution in [3.63, 3.8) is 0 Å². The third kappa shape index (κ3) is 3.34. The average molecular weight is 335 g/mol. The van der Waals surface area contributed by atoms with Crippen LogP contribution in [0.4, 0.5) is 0 Å². The zero-order valence-corrected chi connectivity index (χ0v) is 13.6. The van der Waals surface area contributed by atoms with Crippen molar-refractivity contribution in [3.05, 3.63) is 59.2 Å². The molecule has 2 aromatic rings. The molecule has 0 saturated heterocycles. The number of aryl methyl sites for hydroxylation is 1. The first-order chi connectivity index (χ1) is 9.65. The van der Waals surface area contributed by atoms with Gasteiger partial charge in [-0.25, -0.2) is 0 Å². The average Bonchev–Trinajstić information content (AvgIpc) is 2.48. The number of hydrogen-bond donors (Lipinski definition) is 0. The van der Waals surface area contributed by atoms with Crippen LogP contribution in [0.15, 0.2) is 42.5 Å². The summed E-state index contributed by atoms with van der Waals surface area (Å²) in [4.78, 5) is 0.106. The van der Waals surface area contributed by atoms with E-state index in [9.17, 15) is 0 Å². The Morgan fingerprint density at radius 2 is 1.80 bits per heavy atom. The van der Waals surface area contributed by atoms with Crippen LogP contribution in [0.3, 0.4) is 0 Å². The maximum absolute atomic E-state index is 5.72. The minimum Gasteiger partial charge on any atom is -0.497 e. The highest BCUT2D eigenvalue weighted by Gasteiger charge is 2.15. The van der Waals surface area contributed by atoms with Crippen LogP contribution < -0.4 is 9.47 Å². The molecule has 0 aromatic heterocycles. The summed E-state index contributed by atoms with van der Waals surface area (Å²) >= 11 is 3.77. The molecule has 0 radical (unpaired) electrons. The fourth-order valence-electron chi connectivity index (χ4n) is 2.11. The summed E-state index contributed by atoms with van der Waals surface area (Å²) < 4.78 is 10.9. The Hall–Kier alpha value is -1.48. The Bertz CT molecular complexity index is 564. The molecule has 2 aromatic carbocycles. The van der Waals surface area contributed by atoms with Gasteiger partial charge in [-0.2, -0.15) is 0 Å². The SMILES string of the molecule is CCOc1ccc(C)cc1C(Br)c1ccc(OC)cc1. The zero-order chi connectivity index (χ0) is 14.5. The van der Waals surface area contributed by atoms with Crippen LogP contribution in [0, 0.1) is 6.92 Å². The number of alkyl halides is 1. The van der Waals surface area contributed by atoms with Gasteiger partial charge in [0.05, 0.1) is 18.5 Å². The molecule has 0 saturated carbocycles. The number of methoxy groups -OCH3 is 1. The van der Waals surface area contributed by atoms with E-state index in [-0.39, 0.29) is 4.83 Å². The third-order valence-electron chi connectivity index (χ3n) is 3.15. The molecule has 106 valence electrons. The maximum atomic E-state index is 5.72. The number of hydrogen-bond acceptors (Lipinski definition) is 2. The van der Waals surface area contributed by atoms with E-state index in [0.29, 0.717) is 6.61 Å². The maximum Gasteiger partial charge on any atom is 0.123 e. The van der Waals surface area contributed by atoms with Gasteiger partial charge in [-0.1, -0.05) is 45.8 Å². The highest BCUT2D eigenvalue weighted by Crippen LogP contribution is 2.37. The van der Waals surface area contributed by atoms with Gasteiger partial charge in [-0.05, 0) is 37.6 Å². The predicted octanol–water partition coefficient (Wildman–Crippen LogP) is 4.89. The minimum absolute atomic E-state index is 0.106. The molecule has 20 heavy (non-hydrogen) atoms. The van der Waals surface area contributed by atoms with E-state index >= 15 is 0 Å². The molecular formula is C17H19BrO2. The molecule has 0 bridgehead atoms. The normalized spacial score (nSPS) is 12.0. The Labute approximate surface area is 128 Å². The van der Waals surface area contributed by atoms with Gasteiger partial charge in [-0.3, -0.25) is 0 Å². The molecule has 2 rings (SSSR count). The Balaban J connectivity index is 2.35. The summed E-state index contributed by atoms with van der Waals surface area (Å²) in [5.41, 5.74) is 3.55. The smallest absolute Gasteiger partial charge is 0.123 e. The lowest BCUT2D eigenvalue weighted by Crippen LogP contribution is -2.00. The second-order valence-electron chi connectivity index (χ2n) is 4.61. The van der Waals surface area contributed by atoms with Gasteiger partial charge in [-0.15, -0.1) is 0 Å². The Kier molecular flexibility index (Phi) is 5.07. The third-order valence-corrected chi connectivity index (χ3v) is 4.17. The predicted molar refractivity (Wildman–Crippen MR) is 86.1 cm³/mol. The summed E-state index contributed by atoms with van der Waals surface area (Å²) in [5, 5.41) is 0. The van der Waals surface area contributed by atoms with Crippen molar-refractivity contribution in [1.82, 2.24) is 0 Å². The summed E-state index contributed by atoms with van der Waals surface area (Å²) in [5.74, 6) is 1.79. The van der Waals surface area contributed by atoms with Crippen LogP contribution in [-0.4, -0.2) is 13.7 Å². The molecule has 2 nitrogen and oxygen atoms in total. The monoisotopic (exact) mass is 334 g/mol. The van der Waals surface area contributed by atoms with Crippen molar-refractivity contribution in [3.8, 4) is 11.5 Å². The lowest BCUT2D eigenvalue weighted by atomic mass is 10.0. The number of rotatable bonds is 5. The molecule has 0 aliphatic heterocycles. The highest BCUT2D eigenvalue weighted by atomic mass is 79.9. The largest absolute Gasteiger partial charge is 0.497 e. The van der Waals surface area contributed by atoms with Crippen molar-refractivity contribution in [1.29, 1.82) is 0 Å². The van der Waals surface area contributed by atoms with Crippen molar-refractivity contribution in [2.75, 3.05) is 13.7 Å². The summed E-state index contributed by atoms with van der Waals surface area (Å²) in [6, 6.07) is 14.3. The van der Waals surface area contributed by atoms with Crippen molar-refractivity contribution < 1.29 is 9.47 Å². The first-order valence-electron chi connectivity index (χ1n) is 6.67. The molecule has 0 spiro atoms. The summed E-state index contributed by atoms with van der Waals surface area (Å²) in [7, 11) is 1.67. The van der Waals surface area contributed by atoms with E-state index in [4.69, 9.17) is 9.47 Å². The van der Waals surface area contributed by atoms with E-state index in [1.807, 2.05) is 25.1 Å². The van der Waals surface area contributed by atoms with Crippen LogP contribution >= 0.6 is 15.9 Å². The molecular weight excluding hydrogens is 316 g/mol.